The van der Waals surface area contributed by atoms with Gasteiger partial charge in [-0.3, -0.25) is 0 Å². The van der Waals surface area contributed by atoms with Gasteiger partial charge in [-0.05, 0) is 63.1 Å². The quantitative estimate of drug-likeness (QED) is 0.270. The van der Waals surface area contributed by atoms with Crippen LogP contribution in [0.3, 0.4) is 0 Å². The highest BCUT2D eigenvalue weighted by Crippen LogP contribution is 2.48. The van der Waals surface area contributed by atoms with E-state index in [1.165, 1.54) is 44.2 Å². The van der Waals surface area contributed by atoms with Crippen LogP contribution in [0.1, 0.15) is 5.56 Å². The largest absolute Gasteiger partial charge is 0.456 e. The number of allylic oxidation sites excluding steroid dienone is 2. The Labute approximate surface area is 221 Å². The molecule has 1 unspecified atom stereocenters. The van der Waals surface area contributed by atoms with E-state index in [9.17, 15) is 0 Å². The molecule has 0 fully saturated rings. The first-order valence-corrected chi connectivity index (χ1v) is 13.0. The van der Waals surface area contributed by atoms with E-state index in [4.69, 9.17) is 4.74 Å². The molecule has 0 aliphatic carbocycles. The summed E-state index contributed by atoms with van der Waals surface area (Å²) in [5.74, 6) is 1.84. The van der Waals surface area contributed by atoms with Crippen LogP contribution in [0.15, 0.2) is 134 Å². The number of benzene rings is 5. The number of hydrogen-bond donors (Lipinski definition) is 1. The summed E-state index contributed by atoms with van der Waals surface area (Å²) in [5.41, 5.74) is 9.54. The lowest BCUT2D eigenvalue weighted by atomic mass is 9.90. The molecule has 5 aromatic rings. The molecular formula is C35H24N2O. The Kier molecular flexibility index (Phi) is 4.58. The van der Waals surface area contributed by atoms with Crippen LogP contribution in [0, 0.1) is 0 Å². The average Bonchev–Trinajstić information content (AvgIpc) is 3.42. The number of ether oxygens (including phenoxy) is 1. The van der Waals surface area contributed by atoms with Gasteiger partial charge in [0.1, 0.15) is 17.7 Å². The number of nitrogens with zero attached hydrogens (tertiary/aromatic N) is 1. The molecule has 8 rings (SSSR count). The second-order valence-corrected chi connectivity index (χ2v) is 9.90. The minimum absolute atomic E-state index is 0.207. The lowest BCUT2D eigenvalue weighted by molar-refractivity contribution is 0.427. The highest BCUT2D eigenvalue weighted by atomic mass is 16.5. The van der Waals surface area contributed by atoms with E-state index in [0.717, 1.165) is 22.8 Å². The number of hydrogen-bond acceptors (Lipinski definition) is 3. The molecule has 38 heavy (non-hydrogen) atoms. The molecule has 180 valence electrons. The van der Waals surface area contributed by atoms with Gasteiger partial charge in [-0.2, -0.15) is 0 Å². The van der Waals surface area contributed by atoms with Crippen LogP contribution < -0.4 is 10.1 Å². The fourth-order valence-corrected chi connectivity index (χ4v) is 5.78. The third-order valence-electron chi connectivity index (χ3n) is 7.69. The summed E-state index contributed by atoms with van der Waals surface area (Å²) < 4.78 is 6.27. The normalized spacial score (nSPS) is 16.5. The summed E-state index contributed by atoms with van der Waals surface area (Å²) in [6, 6.07) is 36.8. The minimum atomic E-state index is 0.207. The van der Waals surface area contributed by atoms with Crippen molar-refractivity contribution < 1.29 is 4.74 Å². The third kappa shape index (κ3) is 3.29. The maximum Gasteiger partial charge on any atom is 0.135 e. The first-order valence-electron chi connectivity index (χ1n) is 13.0. The molecule has 3 heteroatoms. The van der Waals surface area contributed by atoms with Crippen molar-refractivity contribution in [2.75, 3.05) is 0 Å². The summed E-state index contributed by atoms with van der Waals surface area (Å²) in [7, 11) is 0. The predicted octanol–water partition coefficient (Wildman–Crippen LogP) is 8.56. The van der Waals surface area contributed by atoms with Gasteiger partial charge in [0.25, 0.3) is 0 Å². The van der Waals surface area contributed by atoms with E-state index in [2.05, 4.69) is 132 Å². The van der Waals surface area contributed by atoms with Gasteiger partial charge in [-0.1, -0.05) is 97.1 Å². The van der Waals surface area contributed by atoms with Crippen LogP contribution >= 0.6 is 0 Å². The van der Waals surface area contributed by atoms with Gasteiger partial charge >= 0.3 is 0 Å². The average molecular weight is 489 g/mol. The zero-order valence-corrected chi connectivity index (χ0v) is 20.6. The van der Waals surface area contributed by atoms with Crippen molar-refractivity contribution in [3.63, 3.8) is 0 Å². The zero-order valence-electron chi connectivity index (χ0n) is 20.6. The zero-order chi connectivity index (χ0) is 25.1. The van der Waals surface area contributed by atoms with E-state index in [1.54, 1.807) is 0 Å². The monoisotopic (exact) mass is 488 g/mol. The molecule has 0 spiro atoms. The number of rotatable bonds is 3. The van der Waals surface area contributed by atoms with E-state index < -0.39 is 0 Å². The molecule has 3 heterocycles. The van der Waals surface area contributed by atoms with E-state index >= 15 is 0 Å². The van der Waals surface area contributed by atoms with Crippen LogP contribution in [0.4, 0.5) is 0 Å². The summed E-state index contributed by atoms with van der Waals surface area (Å²) in [5, 5.41) is 5.96. The maximum absolute atomic E-state index is 6.27. The molecule has 0 amide bonds. The van der Waals surface area contributed by atoms with Gasteiger partial charge in [-0.25, -0.2) is 0 Å². The Balaban J connectivity index is 1.11. The summed E-state index contributed by atoms with van der Waals surface area (Å²) in [6.45, 7) is 0. The van der Waals surface area contributed by atoms with Crippen LogP contribution in [-0.2, 0) is 0 Å². The lowest BCUT2D eigenvalue weighted by Crippen LogP contribution is -2.31. The molecule has 3 aliphatic rings. The van der Waals surface area contributed by atoms with Gasteiger partial charge in [0.2, 0.25) is 0 Å². The van der Waals surface area contributed by atoms with Crippen molar-refractivity contribution in [3.05, 3.63) is 139 Å². The van der Waals surface area contributed by atoms with Gasteiger partial charge in [0.15, 0.2) is 0 Å². The van der Waals surface area contributed by atoms with Crippen LogP contribution in [-0.4, -0.2) is 11.1 Å². The van der Waals surface area contributed by atoms with Crippen LogP contribution in [0.2, 0.25) is 0 Å². The Morgan fingerprint density at radius 1 is 0.579 bits per heavy atom. The minimum Gasteiger partial charge on any atom is -0.456 e. The molecule has 0 saturated carbocycles. The Morgan fingerprint density at radius 2 is 1.32 bits per heavy atom. The number of nitrogens with one attached hydrogen (secondary N) is 1. The highest BCUT2D eigenvalue weighted by molar-refractivity contribution is 6.09. The van der Waals surface area contributed by atoms with Crippen molar-refractivity contribution >= 4 is 16.5 Å². The summed E-state index contributed by atoms with van der Waals surface area (Å²) in [6.07, 6.45) is 10.8. The summed E-state index contributed by atoms with van der Waals surface area (Å²) >= 11 is 0. The van der Waals surface area contributed by atoms with Crippen LogP contribution in [0.5, 0.6) is 11.5 Å². The van der Waals surface area contributed by atoms with Gasteiger partial charge < -0.3 is 15.0 Å². The number of para-hydroxylation sites is 1. The smallest absolute Gasteiger partial charge is 0.135 e. The van der Waals surface area contributed by atoms with Crippen molar-refractivity contribution in [1.29, 1.82) is 0 Å². The first kappa shape index (κ1) is 21.1. The molecule has 5 aromatic carbocycles. The van der Waals surface area contributed by atoms with Crippen molar-refractivity contribution in [2.24, 2.45) is 0 Å². The molecule has 0 saturated heterocycles. The molecule has 1 N–H and O–H groups in total. The molecule has 3 aliphatic heterocycles. The first-order chi connectivity index (χ1) is 18.8. The van der Waals surface area contributed by atoms with E-state index in [-0.39, 0.29) is 6.17 Å². The Bertz CT molecular complexity index is 1810. The second-order valence-electron chi connectivity index (χ2n) is 9.90. The van der Waals surface area contributed by atoms with Gasteiger partial charge in [0, 0.05) is 23.3 Å². The standard InChI is InChI=1S/C35H24N2O/c1-2-9-32-28(6-1)30-8-5-7-29-27(19-20-33(38-32)35(29)30)25-15-11-23(12-16-25)24-13-17-26(18-14-24)31-22-37-21-4-3-10-34(37)36-31/h1-22,34,36H. The van der Waals surface area contributed by atoms with Gasteiger partial charge in [-0.15, -0.1) is 0 Å². The molecule has 0 radical (unpaired) electrons. The highest BCUT2D eigenvalue weighted by Gasteiger charge is 2.22. The summed E-state index contributed by atoms with van der Waals surface area (Å²) in [4.78, 5) is 2.19. The lowest BCUT2D eigenvalue weighted by Gasteiger charge is -2.22. The predicted molar refractivity (Wildman–Crippen MR) is 155 cm³/mol. The maximum atomic E-state index is 6.27. The molecule has 0 bridgehead atoms. The topological polar surface area (TPSA) is 24.5 Å². The fraction of sp³-hybridized carbons (Fsp3) is 0.0286. The third-order valence-corrected chi connectivity index (χ3v) is 7.69. The van der Waals surface area contributed by atoms with E-state index in [0.29, 0.717) is 0 Å². The fourth-order valence-electron chi connectivity index (χ4n) is 5.78. The molecule has 3 nitrogen and oxygen atoms in total. The second kappa shape index (κ2) is 8.25. The Morgan fingerprint density at radius 3 is 2.13 bits per heavy atom. The molecular weight excluding hydrogens is 464 g/mol. The van der Waals surface area contributed by atoms with Crippen LogP contribution in [0.25, 0.3) is 49.9 Å². The van der Waals surface area contributed by atoms with Crippen molar-refractivity contribution in [1.82, 2.24) is 10.2 Å². The van der Waals surface area contributed by atoms with E-state index in [1.807, 2.05) is 12.1 Å². The Hall–Kier alpha value is -5.02. The van der Waals surface area contributed by atoms with Crippen molar-refractivity contribution in [2.45, 2.75) is 6.17 Å². The van der Waals surface area contributed by atoms with Crippen molar-refractivity contribution in [3.8, 4) is 44.9 Å². The molecule has 1 atom stereocenters. The SMILES string of the molecule is C1=CC2NC(c3ccc(-c4ccc(-c5ccc6c7c(cccc57)-c5ccccc5O6)cc4)cc3)=CN2C=C1. The number of fused-ring (bicyclic) bond motifs is 3. The van der Waals surface area contributed by atoms with Gasteiger partial charge in [0.05, 0.1) is 5.70 Å². The molecule has 0 aromatic heterocycles.